The number of halogens is 2. The molecule has 0 spiro atoms. The fourth-order valence-corrected chi connectivity index (χ4v) is 3.48. The number of nitrogens with zero attached hydrogens (tertiary/aromatic N) is 2. The minimum Gasteiger partial charge on any atom is -0.394 e. The maximum Gasteiger partial charge on any atom is 0.211 e. The van der Waals surface area contributed by atoms with Crippen LogP contribution in [-0.4, -0.2) is 79.0 Å². The molecular formula is C18H22Cl2N2O4. The fraction of sp³-hybridized carbons (Fsp3) is 0.444. The summed E-state index contributed by atoms with van der Waals surface area (Å²) >= 11 is 6.25. The third-order valence-corrected chi connectivity index (χ3v) is 4.87. The Morgan fingerprint density at radius 3 is 2.23 bits per heavy atom. The summed E-state index contributed by atoms with van der Waals surface area (Å²) in [4.78, 5) is 29.4. The third-order valence-electron chi connectivity index (χ3n) is 4.51. The molecule has 0 saturated carbocycles. The molecule has 8 heteroatoms. The summed E-state index contributed by atoms with van der Waals surface area (Å²) in [7, 11) is 0. The van der Waals surface area contributed by atoms with Crippen LogP contribution in [0, 0.1) is 0 Å². The molecular weight excluding hydrogens is 379 g/mol. The minimum atomic E-state index is -0.285. The molecule has 1 aliphatic carbocycles. The van der Waals surface area contributed by atoms with Crippen LogP contribution in [-0.2, 0) is 4.74 Å². The van der Waals surface area contributed by atoms with E-state index >= 15 is 0 Å². The van der Waals surface area contributed by atoms with E-state index in [0.717, 1.165) is 19.6 Å². The average molecular weight is 401 g/mol. The van der Waals surface area contributed by atoms with Crippen LogP contribution in [0.15, 0.2) is 35.0 Å². The van der Waals surface area contributed by atoms with Crippen LogP contribution in [0.3, 0.4) is 0 Å². The van der Waals surface area contributed by atoms with Crippen molar-refractivity contribution in [3.05, 3.63) is 46.1 Å². The molecule has 1 N–H and O–H groups in total. The Morgan fingerprint density at radius 1 is 1.00 bits per heavy atom. The fourth-order valence-electron chi connectivity index (χ4n) is 3.17. The van der Waals surface area contributed by atoms with Crippen LogP contribution in [0.2, 0.25) is 0 Å². The Morgan fingerprint density at radius 2 is 1.62 bits per heavy atom. The predicted molar refractivity (Wildman–Crippen MR) is 101 cm³/mol. The van der Waals surface area contributed by atoms with Crippen LogP contribution in [0.1, 0.15) is 20.7 Å². The highest BCUT2D eigenvalue weighted by molar-refractivity contribution is 6.49. The second-order valence-corrected chi connectivity index (χ2v) is 6.41. The molecule has 0 atom stereocenters. The molecule has 26 heavy (non-hydrogen) atoms. The van der Waals surface area contributed by atoms with Gasteiger partial charge in [0.15, 0.2) is 0 Å². The van der Waals surface area contributed by atoms with E-state index in [4.69, 9.17) is 21.4 Å². The first-order chi connectivity index (χ1) is 12.1. The zero-order chi connectivity index (χ0) is 17.8. The summed E-state index contributed by atoms with van der Waals surface area (Å²) < 4.78 is 5.28. The summed E-state index contributed by atoms with van der Waals surface area (Å²) in [5.41, 5.74) is 1.12. The van der Waals surface area contributed by atoms with Gasteiger partial charge in [-0.3, -0.25) is 14.5 Å². The van der Waals surface area contributed by atoms with E-state index in [-0.39, 0.29) is 35.6 Å². The SMILES string of the molecule is Cl.O=C1C(Cl)=C(N2CCN(CCOCCO)CC2)C(=O)c2ccccc21. The van der Waals surface area contributed by atoms with E-state index in [1.165, 1.54) is 0 Å². The number of benzene rings is 1. The number of carbonyl (C=O) groups excluding carboxylic acids is 2. The van der Waals surface area contributed by atoms with Gasteiger partial charge in [0.25, 0.3) is 0 Å². The number of ether oxygens (including phenoxy) is 1. The van der Waals surface area contributed by atoms with Crippen LogP contribution >= 0.6 is 24.0 Å². The van der Waals surface area contributed by atoms with Gasteiger partial charge < -0.3 is 14.7 Å². The number of piperazine rings is 1. The predicted octanol–water partition coefficient (Wildman–Crippen LogP) is 1.56. The van der Waals surface area contributed by atoms with Crippen molar-refractivity contribution in [2.75, 3.05) is 52.5 Å². The van der Waals surface area contributed by atoms with E-state index in [2.05, 4.69) is 4.90 Å². The van der Waals surface area contributed by atoms with Gasteiger partial charge in [0.2, 0.25) is 11.6 Å². The summed E-state index contributed by atoms with van der Waals surface area (Å²) in [5, 5.41) is 8.72. The number of hydrogen-bond donors (Lipinski definition) is 1. The molecule has 6 nitrogen and oxygen atoms in total. The highest BCUT2D eigenvalue weighted by Gasteiger charge is 2.35. The molecule has 2 aliphatic rings. The normalized spacial score (nSPS) is 18.0. The molecule has 3 rings (SSSR count). The van der Waals surface area contributed by atoms with Gasteiger partial charge in [-0.15, -0.1) is 12.4 Å². The summed E-state index contributed by atoms with van der Waals surface area (Å²) in [6.45, 7) is 4.50. The maximum atomic E-state index is 12.8. The molecule has 1 aromatic rings. The molecule has 1 heterocycles. The van der Waals surface area contributed by atoms with Gasteiger partial charge in [0, 0.05) is 43.9 Å². The van der Waals surface area contributed by atoms with Crippen LogP contribution in [0.5, 0.6) is 0 Å². The molecule has 0 bridgehead atoms. The monoisotopic (exact) mass is 400 g/mol. The van der Waals surface area contributed by atoms with Gasteiger partial charge in [-0.2, -0.15) is 0 Å². The van der Waals surface area contributed by atoms with Crippen LogP contribution in [0.25, 0.3) is 0 Å². The van der Waals surface area contributed by atoms with E-state index in [0.29, 0.717) is 43.1 Å². The average Bonchev–Trinajstić information content (AvgIpc) is 2.65. The number of rotatable bonds is 6. The standard InChI is InChI=1S/C18H21ClN2O4.ClH/c19-15-16(18(24)14-4-2-1-3-13(14)17(15)23)21-7-5-20(6-8-21)9-11-25-12-10-22;/h1-4,22H,5-12H2;1H. The lowest BCUT2D eigenvalue weighted by Gasteiger charge is -2.38. The number of ketones is 2. The Bertz CT molecular complexity index is 700. The van der Waals surface area contributed by atoms with Crippen molar-refractivity contribution >= 4 is 35.6 Å². The van der Waals surface area contributed by atoms with Crippen molar-refractivity contribution in [2.45, 2.75) is 0 Å². The highest BCUT2D eigenvalue weighted by Crippen LogP contribution is 2.30. The molecule has 142 valence electrons. The molecule has 1 aromatic carbocycles. The molecule has 1 fully saturated rings. The van der Waals surface area contributed by atoms with Crippen molar-refractivity contribution in [3.8, 4) is 0 Å². The molecule has 0 aromatic heterocycles. The number of aliphatic hydroxyl groups excluding tert-OH is 1. The number of hydrogen-bond acceptors (Lipinski definition) is 6. The number of allylic oxidation sites excluding steroid dienone is 2. The zero-order valence-electron chi connectivity index (χ0n) is 14.3. The Hall–Kier alpha value is -1.44. The number of Topliss-reactive ketones (excluding diaryl/α,β-unsaturated/α-hetero) is 2. The van der Waals surface area contributed by atoms with E-state index in [9.17, 15) is 9.59 Å². The van der Waals surface area contributed by atoms with Gasteiger partial charge in [-0.1, -0.05) is 35.9 Å². The zero-order valence-corrected chi connectivity index (χ0v) is 15.9. The van der Waals surface area contributed by atoms with Crippen LogP contribution in [0.4, 0.5) is 0 Å². The summed E-state index contributed by atoms with van der Waals surface area (Å²) in [6, 6.07) is 6.80. The lowest BCUT2D eigenvalue weighted by atomic mass is 9.91. The quantitative estimate of drug-likeness (QED) is 0.730. The first-order valence-corrected chi connectivity index (χ1v) is 8.75. The van der Waals surface area contributed by atoms with Crippen molar-refractivity contribution < 1.29 is 19.4 Å². The molecule has 1 aliphatic heterocycles. The van der Waals surface area contributed by atoms with Gasteiger partial charge >= 0.3 is 0 Å². The van der Waals surface area contributed by atoms with Crippen molar-refractivity contribution in [1.29, 1.82) is 0 Å². The van der Waals surface area contributed by atoms with Gasteiger partial charge in [-0.05, 0) is 0 Å². The van der Waals surface area contributed by atoms with Crippen molar-refractivity contribution in [2.24, 2.45) is 0 Å². The Kier molecular flexibility index (Phi) is 7.61. The molecule has 0 radical (unpaired) electrons. The lowest BCUT2D eigenvalue weighted by Crippen LogP contribution is -2.48. The van der Waals surface area contributed by atoms with E-state index < -0.39 is 0 Å². The van der Waals surface area contributed by atoms with Gasteiger partial charge in [-0.25, -0.2) is 0 Å². The Labute approximate surface area is 163 Å². The maximum absolute atomic E-state index is 12.8. The number of carbonyl (C=O) groups is 2. The summed E-state index contributed by atoms with van der Waals surface area (Å²) in [6.07, 6.45) is 0. The highest BCUT2D eigenvalue weighted by atomic mass is 35.5. The largest absolute Gasteiger partial charge is 0.394 e. The first kappa shape index (κ1) is 20.9. The Balaban J connectivity index is 0.00000243. The summed E-state index contributed by atoms with van der Waals surface area (Å²) in [5.74, 6) is -0.466. The third kappa shape index (κ3) is 4.27. The van der Waals surface area contributed by atoms with Crippen molar-refractivity contribution in [3.63, 3.8) is 0 Å². The second kappa shape index (κ2) is 9.48. The molecule has 0 unspecified atom stereocenters. The first-order valence-electron chi connectivity index (χ1n) is 8.37. The number of aliphatic hydroxyl groups is 1. The van der Waals surface area contributed by atoms with Crippen LogP contribution < -0.4 is 0 Å². The van der Waals surface area contributed by atoms with Gasteiger partial charge in [0.1, 0.15) is 10.7 Å². The topological polar surface area (TPSA) is 70.1 Å². The van der Waals surface area contributed by atoms with Crippen molar-refractivity contribution in [1.82, 2.24) is 9.80 Å². The lowest BCUT2D eigenvalue weighted by molar-refractivity contribution is 0.0606. The molecule has 1 saturated heterocycles. The van der Waals surface area contributed by atoms with E-state index in [1.54, 1.807) is 24.3 Å². The van der Waals surface area contributed by atoms with Gasteiger partial charge in [0.05, 0.1) is 19.8 Å². The second-order valence-electron chi connectivity index (χ2n) is 6.03. The number of fused-ring (bicyclic) bond motifs is 1. The minimum absolute atomic E-state index is 0. The van der Waals surface area contributed by atoms with E-state index in [1.807, 2.05) is 4.90 Å². The smallest absolute Gasteiger partial charge is 0.211 e. The molecule has 0 amide bonds.